The highest BCUT2D eigenvalue weighted by Gasteiger charge is 2.36. The molecular weight excluding hydrogens is 326 g/mol. The van der Waals surface area contributed by atoms with E-state index >= 15 is 0 Å². The smallest absolute Gasteiger partial charge is 0.319 e. The van der Waals surface area contributed by atoms with Gasteiger partial charge >= 0.3 is 6.03 Å². The number of rotatable bonds is 5. The predicted molar refractivity (Wildman–Crippen MR) is 96.0 cm³/mol. The zero-order valence-electron chi connectivity index (χ0n) is 15.6. The molecule has 0 aliphatic carbocycles. The van der Waals surface area contributed by atoms with Gasteiger partial charge in [-0.2, -0.15) is 16.7 Å². The first-order valence-corrected chi connectivity index (χ1v) is 9.45. The van der Waals surface area contributed by atoms with E-state index in [4.69, 9.17) is 4.52 Å². The van der Waals surface area contributed by atoms with Crippen molar-refractivity contribution in [1.82, 2.24) is 24.8 Å². The van der Waals surface area contributed by atoms with Crippen LogP contribution < -0.4 is 0 Å². The van der Waals surface area contributed by atoms with Gasteiger partial charge in [-0.05, 0) is 26.5 Å². The van der Waals surface area contributed by atoms with Crippen LogP contribution in [0.5, 0.6) is 0 Å². The first-order chi connectivity index (χ1) is 11.2. The van der Waals surface area contributed by atoms with Crippen LogP contribution in [-0.4, -0.2) is 75.9 Å². The molecule has 0 N–H and O–H groups in total. The minimum Gasteiger partial charge on any atom is -0.338 e. The number of hydrogen-bond acceptors (Lipinski definition) is 6. The Hall–Kier alpha value is -1.28. The summed E-state index contributed by atoms with van der Waals surface area (Å²) in [6.45, 7) is 11.3. The molecular formula is C16H29N5O2S. The van der Waals surface area contributed by atoms with Gasteiger partial charge in [-0.15, -0.1) is 0 Å². The van der Waals surface area contributed by atoms with E-state index in [1.807, 2.05) is 4.90 Å². The minimum atomic E-state index is -0.137. The fraction of sp³-hybridized carbons (Fsp3) is 0.812. The van der Waals surface area contributed by atoms with E-state index in [0.29, 0.717) is 25.5 Å². The monoisotopic (exact) mass is 355 g/mol. The Balaban J connectivity index is 2.00. The molecule has 1 saturated heterocycles. The van der Waals surface area contributed by atoms with Crippen LogP contribution in [0.25, 0.3) is 0 Å². The summed E-state index contributed by atoms with van der Waals surface area (Å²) in [5.74, 6) is 2.44. The maximum absolute atomic E-state index is 12.2. The molecule has 0 spiro atoms. The van der Waals surface area contributed by atoms with Crippen LogP contribution in [0.15, 0.2) is 4.52 Å². The number of amides is 2. The van der Waals surface area contributed by atoms with Gasteiger partial charge < -0.3 is 14.3 Å². The fourth-order valence-corrected chi connectivity index (χ4v) is 3.66. The molecule has 1 aliphatic rings. The molecule has 1 aliphatic heterocycles. The molecule has 0 radical (unpaired) electrons. The summed E-state index contributed by atoms with van der Waals surface area (Å²) in [5, 5.41) is 4.35. The van der Waals surface area contributed by atoms with E-state index in [1.54, 1.807) is 30.8 Å². The van der Waals surface area contributed by atoms with Crippen molar-refractivity contribution >= 4 is 17.8 Å². The summed E-state index contributed by atoms with van der Waals surface area (Å²) in [5.41, 5.74) is -0.137. The Morgan fingerprint density at radius 3 is 2.71 bits per heavy atom. The molecule has 2 amide bonds. The van der Waals surface area contributed by atoms with Crippen molar-refractivity contribution in [2.75, 3.05) is 39.5 Å². The lowest BCUT2D eigenvalue weighted by atomic mass is 9.99. The topological polar surface area (TPSA) is 65.7 Å². The predicted octanol–water partition coefficient (Wildman–Crippen LogP) is 2.46. The molecule has 1 atom stereocenters. The van der Waals surface area contributed by atoms with Crippen molar-refractivity contribution in [3.63, 3.8) is 0 Å². The van der Waals surface area contributed by atoms with Gasteiger partial charge in [0.15, 0.2) is 5.82 Å². The third kappa shape index (κ3) is 4.42. The standard InChI is InChI=1S/C16H29N5O2S/c1-7-24-12(2)14-17-13(23-18-14)10-21-9-8-20(11-16(21,3)4)15(22)19(5)6/h12H,7-11H2,1-6H3/t12-/m0/s1. The lowest BCUT2D eigenvalue weighted by molar-refractivity contribution is 0.0180. The Kier molecular flexibility index (Phi) is 6.14. The van der Waals surface area contributed by atoms with Crippen LogP contribution >= 0.6 is 11.8 Å². The Labute approximate surface area is 148 Å². The van der Waals surface area contributed by atoms with Gasteiger partial charge in [-0.25, -0.2) is 4.79 Å². The summed E-state index contributed by atoms with van der Waals surface area (Å²) in [6.07, 6.45) is 0. The maximum atomic E-state index is 12.2. The zero-order valence-corrected chi connectivity index (χ0v) is 16.4. The summed E-state index contributed by atoms with van der Waals surface area (Å²) >= 11 is 1.80. The SMILES string of the molecule is CCS[C@@H](C)c1noc(CN2CCN(C(=O)N(C)C)CC2(C)C)n1. The number of piperazine rings is 1. The summed E-state index contributed by atoms with van der Waals surface area (Å²) < 4.78 is 5.44. The van der Waals surface area contributed by atoms with E-state index in [9.17, 15) is 4.79 Å². The molecule has 0 unspecified atom stereocenters. The van der Waals surface area contributed by atoms with Crippen molar-refractivity contribution in [2.24, 2.45) is 0 Å². The molecule has 1 fully saturated rings. The number of carbonyl (C=O) groups is 1. The van der Waals surface area contributed by atoms with Crippen molar-refractivity contribution in [2.45, 2.75) is 45.0 Å². The average molecular weight is 356 g/mol. The molecule has 24 heavy (non-hydrogen) atoms. The Morgan fingerprint density at radius 1 is 1.42 bits per heavy atom. The van der Waals surface area contributed by atoms with Gasteiger partial charge in [0.2, 0.25) is 5.89 Å². The lowest BCUT2D eigenvalue weighted by Gasteiger charge is -2.47. The van der Waals surface area contributed by atoms with E-state index in [0.717, 1.165) is 18.1 Å². The largest absolute Gasteiger partial charge is 0.338 e. The van der Waals surface area contributed by atoms with Crippen LogP contribution in [0.2, 0.25) is 0 Å². The number of urea groups is 1. The van der Waals surface area contributed by atoms with Gasteiger partial charge in [0, 0.05) is 39.3 Å². The molecule has 7 nitrogen and oxygen atoms in total. The summed E-state index contributed by atoms with van der Waals surface area (Å²) in [7, 11) is 3.58. The second kappa shape index (κ2) is 7.74. The number of nitrogens with zero attached hydrogens (tertiary/aromatic N) is 5. The van der Waals surface area contributed by atoms with E-state index in [-0.39, 0.29) is 16.8 Å². The minimum absolute atomic E-state index is 0.0632. The van der Waals surface area contributed by atoms with Crippen molar-refractivity contribution in [1.29, 1.82) is 0 Å². The molecule has 1 aromatic rings. The van der Waals surface area contributed by atoms with Crippen LogP contribution in [0.3, 0.4) is 0 Å². The van der Waals surface area contributed by atoms with Gasteiger partial charge in [0.1, 0.15) is 0 Å². The highest BCUT2D eigenvalue weighted by atomic mass is 32.2. The van der Waals surface area contributed by atoms with Crippen LogP contribution in [-0.2, 0) is 6.54 Å². The van der Waals surface area contributed by atoms with Crippen LogP contribution in [0, 0.1) is 0 Å². The molecule has 2 heterocycles. The Bertz CT molecular complexity index is 560. The number of carbonyl (C=O) groups excluding carboxylic acids is 1. The molecule has 2 rings (SSSR count). The summed E-state index contributed by atoms with van der Waals surface area (Å²) in [6, 6.07) is 0.0632. The molecule has 0 saturated carbocycles. The van der Waals surface area contributed by atoms with E-state index in [1.165, 1.54) is 0 Å². The molecule has 0 aromatic carbocycles. The van der Waals surface area contributed by atoms with Crippen molar-refractivity contribution in [3.05, 3.63) is 11.7 Å². The normalized spacial score (nSPS) is 19.3. The van der Waals surface area contributed by atoms with Crippen LogP contribution in [0.4, 0.5) is 4.79 Å². The highest BCUT2D eigenvalue weighted by molar-refractivity contribution is 7.99. The van der Waals surface area contributed by atoms with Gasteiger partial charge in [-0.1, -0.05) is 12.1 Å². The first-order valence-electron chi connectivity index (χ1n) is 8.40. The van der Waals surface area contributed by atoms with E-state index < -0.39 is 0 Å². The first kappa shape index (κ1) is 19.1. The molecule has 0 bridgehead atoms. The quantitative estimate of drug-likeness (QED) is 0.808. The zero-order chi connectivity index (χ0) is 17.9. The molecule has 136 valence electrons. The Morgan fingerprint density at radius 2 is 2.12 bits per heavy atom. The second-order valence-electron chi connectivity index (χ2n) is 6.98. The fourth-order valence-electron chi connectivity index (χ4n) is 2.91. The van der Waals surface area contributed by atoms with Gasteiger partial charge in [0.25, 0.3) is 0 Å². The number of thioether (sulfide) groups is 1. The highest BCUT2D eigenvalue weighted by Crippen LogP contribution is 2.27. The third-order valence-electron chi connectivity index (χ3n) is 4.32. The summed E-state index contributed by atoms with van der Waals surface area (Å²) in [4.78, 5) is 22.6. The maximum Gasteiger partial charge on any atom is 0.319 e. The van der Waals surface area contributed by atoms with Gasteiger partial charge in [0.05, 0.1) is 11.8 Å². The van der Waals surface area contributed by atoms with Crippen molar-refractivity contribution < 1.29 is 9.32 Å². The second-order valence-corrected chi connectivity index (χ2v) is 8.59. The van der Waals surface area contributed by atoms with Gasteiger partial charge in [-0.3, -0.25) is 4.90 Å². The average Bonchev–Trinajstić information content (AvgIpc) is 2.97. The number of aromatic nitrogens is 2. The molecule has 1 aromatic heterocycles. The van der Waals surface area contributed by atoms with E-state index in [2.05, 4.69) is 42.7 Å². The lowest BCUT2D eigenvalue weighted by Crippen LogP contribution is -2.61. The molecule has 8 heteroatoms. The van der Waals surface area contributed by atoms with Crippen LogP contribution in [0.1, 0.15) is 44.7 Å². The third-order valence-corrected chi connectivity index (χ3v) is 5.36. The number of hydrogen-bond donors (Lipinski definition) is 0. The van der Waals surface area contributed by atoms with Crippen molar-refractivity contribution in [3.8, 4) is 0 Å².